The minimum Gasteiger partial charge on any atom is -0.494 e. The third-order valence-corrected chi connectivity index (χ3v) is 4.24. The van der Waals surface area contributed by atoms with Gasteiger partial charge in [0.1, 0.15) is 18.1 Å². The van der Waals surface area contributed by atoms with Gasteiger partial charge in [-0.15, -0.1) is 0 Å². The summed E-state index contributed by atoms with van der Waals surface area (Å²) in [5, 5.41) is 0. The first kappa shape index (κ1) is 17.1. The highest BCUT2D eigenvalue weighted by molar-refractivity contribution is 5.31. The van der Waals surface area contributed by atoms with Gasteiger partial charge in [0.2, 0.25) is 0 Å². The second-order valence-corrected chi connectivity index (χ2v) is 6.20. The summed E-state index contributed by atoms with van der Waals surface area (Å²) in [7, 11) is 0. The Hall–Kier alpha value is -2.74. The lowest BCUT2D eigenvalue weighted by atomic mass is 9.98. The topological polar surface area (TPSA) is 18.5 Å². The average molecular weight is 332 g/mol. The van der Waals surface area contributed by atoms with Crippen molar-refractivity contribution in [3.05, 3.63) is 96.1 Å². The molecule has 1 unspecified atom stereocenters. The fourth-order valence-electron chi connectivity index (χ4n) is 2.69. The van der Waals surface area contributed by atoms with E-state index in [1.807, 2.05) is 54.6 Å². The molecule has 0 aliphatic heterocycles. The lowest BCUT2D eigenvalue weighted by molar-refractivity contribution is 0.298. The summed E-state index contributed by atoms with van der Waals surface area (Å²) in [6.45, 7) is 3.53. The number of hydrogen-bond acceptors (Lipinski definition) is 2. The molecule has 0 saturated heterocycles. The van der Waals surface area contributed by atoms with Crippen LogP contribution in [0, 0.1) is 0 Å². The van der Waals surface area contributed by atoms with E-state index in [9.17, 15) is 0 Å². The lowest BCUT2D eigenvalue weighted by Crippen LogP contribution is -2.03. The molecule has 0 aliphatic carbocycles. The van der Waals surface area contributed by atoms with Gasteiger partial charge in [-0.3, -0.25) is 0 Å². The molecule has 3 aromatic rings. The van der Waals surface area contributed by atoms with Gasteiger partial charge in [-0.05, 0) is 47.7 Å². The van der Waals surface area contributed by atoms with Crippen molar-refractivity contribution in [2.24, 2.45) is 0 Å². The highest BCUT2D eigenvalue weighted by Gasteiger charge is 2.07. The monoisotopic (exact) mass is 332 g/mol. The van der Waals surface area contributed by atoms with Crippen LogP contribution < -0.4 is 9.47 Å². The number of para-hydroxylation sites is 1. The van der Waals surface area contributed by atoms with E-state index < -0.39 is 0 Å². The fourth-order valence-corrected chi connectivity index (χ4v) is 2.69. The molecule has 0 aliphatic rings. The fraction of sp³-hybridized carbons (Fsp3) is 0.217. The molecule has 2 heteroatoms. The van der Waals surface area contributed by atoms with Crippen molar-refractivity contribution >= 4 is 0 Å². The third kappa shape index (κ3) is 5.39. The maximum Gasteiger partial charge on any atom is 0.120 e. The van der Waals surface area contributed by atoms with Crippen LogP contribution in [0.15, 0.2) is 84.9 Å². The molecule has 0 radical (unpaired) electrons. The summed E-state index contributed by atoms with van der Waals surface area (Å²) >= 11 is 0. The van der Waals surface area contributed by atoms with E-state index >= 15 is 0 Å². The first-order valence-electron chi connectivity index (χ1n) is 8.76. The highest BCUT2D eigenvalue weighted by atomic mass is 16.5. The van der Waals surface area contributed by atoms with Crippen LogP contribution >= 0.6 is 0 Å². The summed E-state index contributed by atoms with van der Waals surface area (Å²) in [6, 6.07) is 28.6. The highest BCUT2D eigenvalue weighted by Crippen LogP contribution is 2.24. The number of hydrogen-bond donors (Lipinski definition) is 0. The van der Waals surface area contributed by atoms with Gasteiger partial charge in [0.25, 0.3) is 0 Å². The van der Waals surface area contributed by atoms with E-state index in [1.165, 1.54) is 11.1 Å². The summed E-state index contributed by atoms with van der Waals surface area (Å²) < 4.78 is 11.7. The van der Waals surface area contributed by atoms with Crippen molar-refractivity contribution in [1.29, 1.82) is 0 Å². The van der Waals surface area contributed by atoms with Crippen molar-refractivity contribution in [3.63, 3.8) is 0 Å². The van der Waals surface area contributed by atoms with E-state index in [2.05, 4.69) is 37.3 Å². The van der Waals surface area contributed by atoms with Crippen molar-refractivity contribution in [2.45, 2.75) is 25.9 Å². The second kappa shape index (κ2) is 8.93. The predicted molar refractivity (Wildman–Crippen MR) is 102 cm³/mol. The maximum atomic E-state index is 5.93. The third-order valence-electron chi connectivity index (χ3n) is 4.24. The second-order valence-electron chi connectivity index (χ2n) is 6.20. The normalized spacial score (nSPS) is 11.7. The summed E-state index contributed by atoms with van der Waals surface area (Å²) in [5.74, 6) is 2.26. The Kier molecular flexibility index (Phi) is 6.11. The van der Waals surface area contributed by atoms with Gasteiger partial charge in [-0.1, -0.05) is 67.6 Å². The van der Waals surface area contributed by atoms with Gasteiger partial charge in [0.15, 0.2) is 0 Å². The Bertz CT molecular complexity index is 753. The van der Waals surface area contributed by atoms with Crippen LogP contribution in [0.3, 0.4) is 0 Å². The van der Waals surface area contributed by atoms with Crippen LogP contribution in [0.4, 0.5) is 0 Å². The first-order chi connectivity index (χ1) is 12.3. The molecule has 3 rings (SSSR count). The van der Waals surface area contributed by atoms with E-state index in [4.69, 9.17) is 9.47 Å². The SMILES string of the molecule is CC(CCOc1ccccc1)c1cccc(OCc2ccccc2)c1. The molecule has 0 amide bonds. The Morgan fingerprint density at radius 3 is 2.16 bits per heavy atom. The van der Waals surface area contributed by atoms with E-state index in [0.29, 0.717) is 19.1 Å². The summed E-state index contributed by atoms with van der Waals surface area (Å²) in [4.78, 5) is 0. The number of rotatable bonds is 8. The molecule has 0 heterocycles. The quantitative estimate of drug-likeness (QED) is 0.516. The van der Waals surface area contributed by atoms with Crippen LogP contribution in [0.2, 0.25) is 0 Å². The molecule has 0 aromatic heterocycles. The molecular formula is C23H24O2. The van der Waals surface area contributed by atoms with Crippen LogP contribution in [-0.2, 0) is 6.61 Å². The van der Waals surface area contributed by atoms with E-state index in [-0.39, 0.29) is 0 Å². The molecule has 0 N–H and O–H groups in total. The van der Waals surface area contributed by atoms with E-state index in [0.717, 1.165) is 17.9 Å². The molecule has 3 aromatic carbocycles. The van der Waals surface area contributed by atoms with Crippen LogP contribution in [0.5, 0.6) is 11.5 Å². The largest absolute Gasteiger partial charge is 0.494 e. The standard InChI is InChI=1S/C23H24O2/c1-19(15-16-24-22-12-6-3-7-13-22)21-11-8-14-23(17-21)25-18-20-9-4-2-5-10-20/h2-14,17,19H,15-16,18H2,1H3. The van der Waals surface area contributed by atoms with Crippen molar-refractivity contribution < 1.29 is 9.47 Å². The van der Waals surface area contributed by atoms with Crippen LogP contribution in [0.1, 0.15) is 30.4 Å². The van der Waals surface area contributed by atoms with Crippen LogP contribution in [-0.4, -0.2) is 6.61 Å². The maximum absolute atomic E-state index is 5.93. The molecule has 0 fully saturated rings. The number of ether oxygens (including phenoxy) is 2. The molecule has 128 valence electrons. The molecule has 25 heavy (non-hydrogen) atoms. The molecule has 0 spiro atoms. The Labute approximate surface area is 150 Å². The molecule has 0 saturated carbocycles. The van der Waals surface area contributed by atoms with Crippen molar-refractivity contribution in [1.82, 2.24) is 0 Å². The zero-order chi connectivity index (χ0) is 17.3. The summed E-state index contributed by atoms with van der Waals surface area (Å²) in [5.41, 5.74) is 2.46. The van der Waals surface area contributed by atoms with Gasteiger partial charge in [-0.2, -0.15) is 0 Å². The van der Waals surface area contributed by atoms with Gasteiger partial charge in [0.05, 0.1) is 6.61 Å². The summed E-state index contributed by atoms with van der Waals surface area (Å²) in [6.07, 6.45) is 0.969. The Morgan fingerprint density at radius 1 is 0.720 bits per heavy atom. The zero-order valence-corrected chi connectivity index (χ0v) is 14.6. The van der Waals surface area contributed by atoms with E-state index in [1.54, 1.807) is 0 Å². The lowest BCUT2D eigenvalue weighted by Gasteiger charge is -2.14. The smallest absolute Gasteiger partial charge is 0.120 e. The average Bonchev–Trinajstić information content (AvgIpc) is 2.68. The molecule has 2 nitrogen and oxygen atoms in total. The van der Waals surface area contributed by atoms with Gasteiger partial charge < -0.3 is 9.47 Å². The molecule has 0 bridgehead atoms. The first-order valence-corrected chi connectivity index (χ1v) is 8.76. The van der Waals surface area contributed by atoms with Gasteiger partial charge in [-0.25, -0.2) is 0 Å². The zero-order valence-electron chi connectivity index (χ0n) is 14.6. The van der Waals surface area contributed by atoms with Gasteiger partial charge >= 0.3 is 0 Å². The Morgan fingerprint density at radius 2 is 1.40 bits per heavy atom. The van der Waals surface area contributed by atoms with Crippen molar-refractivity contribution in [2.75, 3.05) is 6.61 Å². The molecular weight excluding hydrogens is 308 g/mol. The van der Waals surface area contributed by atoms with Crippen molar-refractivity contribution in [3.8, 4) is 11.5 Å². The predicted octanol–water partition coefficient (Wildman–Crippen LogP) is 5.84. The number of benzene rings is 3. The molecule has 1 atom stereocenters. The van der Waals surface area contributed by atoms with Gasteiger partial charge in [0, 0.05) is 0 Å². The Balaban J connectivity index is 1.51. The minimum atomic E-state index is 0.420. The van der Waals surface area contributed by atoms with Crippen LogP contribution in [0.25, 0.3) is 0 Å². The minimum absolute atomic E-state index is 0.420.